The standard InChI is InChI=1S/C16H21NO/c1-2-3-4-8-15(18)12-14-11-10-13-7-5-6-9-16(13)17-14/h5-7,9-11,15,18H,2-4,8,12H2,1H3. The highest BCUT2D eigenvalue weighted by Gasteiger charge is 2.06. The molecule has 0 aliphatic rings. The van der Waals surface area contributed by atoms with E-state index in [-0.39, 0.29) is 6.10 Å². The molecule has 1 unspecified atom stereocenters. The first-order chi connectivity index (χ1) is 8.79. The van der Waals surface area contributed by atoms with E-state index in [2.05, 4.69) is 24.0 Å². The van der Waals surface area contributed by atoms with Crippen LogP contribution in [0.3, 0.4) is 0 Å². The van der Waals surface area contributed by atoms with Gasteiger partial charge in [-0.2, -0.15) is 0 Å². The molecular formula is C16H21NO. The average molecular weight is 243 g/mol. The number of rotatable bonds is 6. The van der Waals surface area contributed by atoms with Crippen molar-refractivity contribution in [3.8, 4) is 0 Å². The lowest BCUT2D eigenvalue weighted by Crippen LogP contribution is -2.11. The fraction of sp³-hybridized carbons (Fsp3) is 0.438. The van der Waals surface area contributed by atoms with Crippen LogP contribution in [-0.2, 0) is 6.42 Å². The lowest BCUT2D eigenvalue weighted by Gasteiger charge is -2.10. The number of aliphatic hydroxyl groups excluding tert-OH is 1. The summed E-state index contributed by atoms with van der Waals surface area (Å²) in [4.78, 5) is 4.58. The normalized spacial score (nSPS) is 12.8. The number of aliphatic hydroxyl groups is 1. The van der Waals surface area contributed by atoms with E-state index in [1.807, 2.05) is 24.3 Å². The maximum atomic E-state index is 9.96. The molecule has 1 aromatic carbocycles. The fourth-order valence-corrected chi connectivity index (χ4v) is 2.20. The fourth-order valence-electron chi connectivity index (χ4n) is 2.20. The van der Waals surface area contributed by atoms with E-state index < -0.39 is 0 Å². The molecule has 0 saturated carbocycles. The molecule has 1 atom stereocenters. The van der Waals surface area contributed by atoms with Crippen LogP contribution < -0.4 is 0 Å². The van der Waals surface area contributed by atoms with Crippen molar-refractivity contribution < 1.29 is 5.11 Å². The molecule has 1 aromatic heterocycles. The molecule has 2 aromatic rings. The van der Waals surface area contributed by atoms with Crippen LogP contribution in [0.15, 0.2) is 36.4 Å². The monoisotopic (exact) mass is 243 g/mol. The van der Waals surface area contributed by atoms with Crippen LogP contribution in [0.4, 0.5) is 0 Å². The van der Waals surface area contributed by atoms with Crippen molar-refractivity contribution in [2.45, 2.75) is 45.1 Å². The SMILES string of the molecule is CCCCCC(O)Cc1ccc2ccccc2n1. The third kappa shape index (κ3) is 3.54. The Morgan fingerprint density at radius 1 is 1.11 bits per heavy atom. The molecule has 2 heteroatoms. The molecule has 0 aliphatic heterocycles. The summed E-state index contributed by atoms with van der Waals surface area (Å²) in [5, 5.41) is 11.1. The smallest absolute Gasteiger partial charge is 0.0705 e. The molecule has 2 nitrogen and oxygen atoms in total. The number of pyridine rings is 1. The Hall–Kier alpha value is -1.41. The van der Waals surface area contributed by atoms with E-state index in [1.165, 1.54) is 12.8 Å². The van der Waals surface area contributed by atoms with E-state index in [4.69, 9.17) is 0 Å². The highest BCUT2D eigenvalue weighted by Crippen LogP contribution is 2.14. The number of hydrogen-bond donors (Lipinski definition) is 1. The first-order valence-corrected chi connectivity index (χ1v) is 6.82. The molecule has 0 fully saturated rings. The van der Waals surface area contributed by atoms with Gasteiger partial charge in [-0.3, -0.25) is 4.98 Å². The second-order valence-corrected chi connectivity index (χ2v) is 4.85. The van der Waals surface area contributed by atoms with Gasteiger partial charge in [-0.05, 0) is 18.6 Å². The predicted octanol–water partition coefficient (Wildman–Crippen LogP) is 3.72. The zero-order chi connectivity index (χ0) is 12.8. The molecule has 0 spiro atoms. The zero-order valence-corrected chi connectivity index (χ0v) is 11.0. The number of fused-ring (bicyclic) bond motifs is 1. The van der Waals surface area contributed by atoms with Crippen LogP contribution in [0, 0.1) is 0 Å². The van der Waals surface area contributed by atoms with Gasteiger partial charge in [-0.15, -0.1) is 0 Å². The Labute approximate surface area is 109 Å². The first kappa shape index (κ1) is 13.0. The molecule has 2 rings (SSSR count). The second kappa shape index (κ2) is 6.50. The van der Waals surface area contributed by atoms with E-state index >= 15 is 0 Å². The van der Waals surface area contributed by atoms with Gasteiger partial charge in [0.25, 0.3) is 0 Å². The van der Waals surface area contributed by atoms with Gasteiger partial charge in [-0.1, -0.05) is 50.5 Å². The molecule has 18 heavy (non-hydrogen) atoms. The lowest BCUT2D eigenvalue weighted by atomic mass is 10.1. The van der Waals surface area contributed by atoms with Crippen LogP contribution in [0.5, 0.6) is 0 Å². The van der Waals surface area contributed by atoms with Crippen LogP contribution in [0.1, 0.15) is 38.3 Å². The minimum atomic E-state index is -0.259. The van der Waals surface area contributed by atoms with Gasteiger partial charge in [-0.25, -0.2) is 0 Å². The third-order valence-electron chi connectivity index (χ3n) is 3.24. The summed E-state index contributed by atoms with van der Waals surface area (Å²) < 4.78 is 0. The van der Waals surface area contributed by atoms with Crippen molar-refractivity contribution in [1.29, 1.82) is 0 Å². The maximum Gasteiger partial charge on any atom is 0.0705 e. The van der Waals surface area contributed by atoms with Gasteiger partial charge in [0.15, 0.2) is 0 Å². The molecule has 0 aliphatic carbocycles. The van der Waals surface area contributed by atoms with Crippen molar-refractivity contribution in [2.24, 2.45) is 0 Å². The van der Waals surface area contributed by atoms with E-state index in [0.29, 0.717) is 6.42 Å². The van der Waals surface area contributed by atoms with E-state index in [9.17, 15) is 5.11 Å². The van der Waals surface area contributed by atoms with Crippen LogP contribution in [-0.4, -0.2) is 16.2 Å². The van der Waals surface area contributed by atoms with Gasteiger partial charge < -0.3 is 5.11 Å². The molecule has 0 radical (unpaired) electrons. The molecule has 1 heterocycles. The minimum absolute atomic E-state index is 0.259. The van der Waals surface area contributed by atoms with Crippen molar-refractivity contribution >= 4 is 10.9 Å². The number of benzene rings is 1. The van der Waals surface area contributed by atoms with Gasteiger partial charge in [0, 0.05) is 17.5 Å². The summed E-state index contributed by atoms with van der Waals surface area (Å²) in [6.07, 6.45) is 4.77. The Balaban J connectivity index is 1.98. The van der Waals surface area contributed by atoms with Crippen LogP contribution in [0.2, 0.25) is 0 Å². The quantitative estimate of drug-likeness (QED) is 0.784. The Morgan fingerprint density at radius 2 is 1.94 bits per heavy atom. The molecule has 0 amide bonds. The number of para-hydroxylation sites is 1. The summed E-state index contributed by atoms with van der Waals surface area (Å²) in [6.45, 7) is 2.18. The average Bonchev–Trinajstić information content (AvgIpc) is 2.39. The molecule has 0 saturated heterocycles. The summed E-state index contributed by atoms with van der Waals surface area (Å²) in [6, 6.07) is 12.2. The Kier molecular flexibility index (Phi) is 4.71. The lowest BCUT2D eigenvalue weighted by molar-refractivity contribution is 0.160. The molecule has 96 valence electrons. The summed E-state index contributed by atoms with van der Waals surface area (Å²) in [5.41, 5.74) is 1.99. The number of nitrogens with zero attached hydrogens (tertiary/aromatic N) is 1. The third-order valence-corrected chi connectivity index (χ3v) is 3.24. The van der Waals surface area contributed by atoms with Crippen molar-refractivity contribution in [3.63, 3.8) is 0 Å². The highest BCUT2D eigenvalue weighted by atomic mass is 16.3. The maximum absolute atomic E-state index is 9.96. The summed E-state index contributed by atoms with van der Waals surface area (Å²) >= 11 is 0. The summed E-state index contributed by atoms with van der Waals surface area (Å²) in [7, 11) is 0. The zero-order valence-electron chi connectivity index (χ0n) is 11.0. The van der Waals surface area contributed by atoms with Crippen molar-refractivity contribution in [1.82, 2.24) is 4.98 Å². The van der Waals surface area contributed by atoms with Crippen LogP contribution in [0.25, 0.3) is 10.9 Å². The van der Waals surface area contributed by atoms with Gasteiger partial charge in [0.1, 0.15) is 0 Å². The van der Waals surface area contributed by atoms with Gasteiger partial charge in [0.2, 0.25) is 0 Å². The molecular weight excluding hydrogens is 222 g/mol. The second-order valence-electron chi connectivity index (χ2n) is 4.85. The van der Waals surface area contributed by atoms with Crippen molar-refractivity contribution in [2.75, 3.05) is 0 Å². The van der Waals surface area contributed by atoms with Crippen molar-refractivity contribution in [3.05, 3.63) is 42.1 Å². The van der Waals surface area contributed by atoms with Gasteiger partial charge in [0.05, 0.1) is 11.6 Å². The topological polar surface area (TPSA) is 33.1 Å². The van der Waals surface area contributed by atoms with Gasteiger partial charge >= 0.3 is 0 Å². The van der Waals surface area contributed by atoms with Crippen LogP contribution >= 0.6 is 0 Å². The first-order valence-electron chi connectivity index (χ1n) is 6.82. The Bertz CT molecular complexity index is 495. The largest absolute Gasteiger partial charge is 0.393 e. The number of hydrogen-bond acceptors (Lipinski definition) is 2. The molecule has 0 bridgehead atoms. The highest BCUT2D eigenvalue weighted by molar-refractivity contribution is 5.78. The number of aromatic nitrogens is 1. The van der Waals surface area contributed by atoms with E-state index in [0.717, 1.165) is 29.4 Å². The number of unbranched alkanes of at least 4 members (excludes halogenated alkanes) is 2. The Morgan fingerprint density at radius 3 is 2.78 bits per heavy atom. The summed E-state index contributed by atoms with van der Waals surface area (Å²) in [5.74, 6) is 0. The minimum Gasteiger partial charge on any atom is -0.393 e. The molecule has 1 N–H and O–H groups in total. The van der Waals surface area contributed by atoms with E-state index in [1.54, 1.807) is 0 Å². The predicted molar refractivity (Wildman–Crippen MR) is 75.6 cm³/mol.